The van der Waals surface area contributed by atoms with Gasteiger partial charge in [-0.1, -0.05) is 94.5 Å². The summed E-state index contributed by atoms with van der Waals surface area (Å²) in [6.45, 7) is 5.77. The van der Waals surface area contributed by atoms with Gasteiger partial charge in [0.1, 0.15) is 5.82 Å². The highest BCUT2D eigenvalue weighted by Crippen LogP contribution is 2.35. The molecule has 0 radical (unpaired) electrons. The topological polar surface area (TPSA) is 0 Å². The second kappa shape index (κ2) is 10.1. The van der Waals surface area contributed by atoms with Crippen LogP contribution < -0.4 is 0 Å². The van der Waals surface area contributed by atoms with E-state index in [1.165, 1.54) is 62.7 Å². The zero-order valence-electron chi connectivity index (χ0n) is 17.3. The van der Waals surface area contributed by atoms with E-state index in [0.717, 1.165) is 18.3 Å². The van der Waals surface area contributed by atoms with E-state index >= 15 is 0 Å². The summed E-state index contributed by atoms with van der Waals surface area (Å²) in [5.74, 6) is 0.880. The van der Waals surface area contributed by atoms with Crippen LogP contribution in [0, 0.1) is 17.7 Å². The number of benzene rings is 2. The van der Waals surface area contributed by atoms with Gasteiger partial charge in [-0.05, 0) is 41.4 Å². The van der Waals surface area contributed by atoms with Gasteiger partial charge in [-0.2, -0.15) is 0 Å². The standard InChI is InChI=1S/C26H31F3/c1-3-5-18-6-8-19(9-7-18)10-11-20-12-14-22(15-13-20)23-17-16-21(4-2)24(25(23)27)26(28)29/h4,12-19,26H,2-3,5-11H2,1H3. The second-order valence-electron chi connectivity index (χ2n) is 8.35. The smallest absolute Gasteiger partial charge is 0.206 e. The molecule has 0 nitrogen and oxygen atoms in total. The van der Waals surface area contributed by atoms with Crippen molar-refractivity contribution in [1.82, 2.24) is 0 Å². The van der Waals surface area contributed by atoms with Crippen molar-refractivity contribution in [1.29, 1.82) is 0 Å². The van der Waals surface area contributed by atoms with Crippen LogP contribution in [0.4, 0.5) is 13.2 Å². The van der Waals surface area contributed by atoms with Gasteiger partial charge in [-0.3, -0.25) is 0 Å². The molecule has 0 atom stereocenters. The molecular formula is C26H31F3. The maximum Gasteiger partial charge on any atom is 0.267 e. The molecule has 1 fully saturated rings. The highest BCUT2D eigenvalue weighted by Gasteiger charge is 2.22. The Morgan fingerprint density at radius 1 is 0.966 bits per heavy atom. The van der Waals surface area contributed by atoms with Crippen molar-refractivity contribution in [2.45, 2.75) is 64.7 Å². The first kappa shape index (κ1) is 21.7. The van der Waals surface area contributed by atoms with E-state index in [1.807, 2.05) is 24.3 Å². The van der Waals surface area contributed by atoms with Crippen molar-refractivity contribution >= 4 is 6.08 Å². The first-order chi connectivity index (χ1) is 14.0. The molecule has 0 spiro atoms. The molecule has 2 aromatic carbocycles. The lowest BCUT2D eigenvalue weighted by molar-refractivity contribution is 0.146. The second-order valence-corrected chi connectivity index (χ2v) is 8.35. The van der Waals surface area contributed by atoms with E-state index in [-0.39, 0.29) is 11.1 Å². The lowest BCUT2D eigenvalue weighted by atomic mass is 9.78. The number of alkyl halides is 2. The molecule has 1 aliphatic carbocycles. The van der Waals surface area contributed by atoms with Gasteiger partial charge < -0.3 is 0 Å². The molecule has 0 saturated heterocycles. The summed E-state index contributed by atoms with van der Waals surface area (Å²) in [7, 11) is 0. The van der Waals surface area contributed by atoms with Gasteiger partial charge in [-0.15, -0.1) is 0 Å². The van der Waals surface area contributed by atoms with Crippen molar-refractivity contribution in [2.75, 3.05) is 0 Å². The fourth-order valence-electron chi connectivity index (χ4n) is 4.67. The Balaban J connectivity index is 1.64. The van der Waals surface area contributed by atoms with Crippen molar-refractivity contribution in [3.05, 3.63) is 65.5 Å². The minimum absolute atomic E-state index is 0.145. The van der Waals surface area contributed by atoms with Crippen molar-refractivity contribution in [2.24, 2.45) is 11.8 Å². The van der Waals surface area contributed by atoms with E-state index in [4.69, 9.17) is 0 Å². The van der Waals surface area contributed by atoms with Crippen LogP contribution in [-0.4, -0.2) is 0 Å². The summed E-state index contributed by atoms with van der Waals surface area (Å²) in [6, 6.07) is 10.8. The average Bonchev–Trinajstić information content (AvgIpc) is 2.73. The first-order valence-electron chi connectivity index (χ1n) is 10.9. The Kier molecular flexibility index (Phi) is 7.57. The largest absolute Gasteiger partial charge is 0.267 e. The lowest BCUT2D eigenvalue weighted by Gasteiger charge is -2.28. The molecule has 0 N–H and O–H groups in total. The van der Waals surface area contributed by atoms with Crippen LogP contribution in [0.2, 0.25) is 0 Å². The monoisotopic (exact) mass is 400 g/mol. The SMILES string of the molecule is C=Cc1ccc(-c2ccc(CCC3CCC(CCC)CC3)cc2)c(F)c1C(F)F. The zero-order valence-corrected chi connectivity index (χ0v) is 17.3. The van der Waals surface area contributed by atoms with Crippen LogP contribution in [0.25, 0.3) is 17.2 Å². The minimum atomic E-state index is -2.87. The van der Waals surface area contributed by atoms with Gasteiger partial charge in [0.25, 0.3) is 6.43 Å². The number of aryl methyl sites for hydroxylation is 1. The lowest BCUT2D eigenvalue weighted by Crippen LogP contribution is -2.15. The highest BCUT2D eigenvalue weighted by molar-refractivity contribution is 5.69. The van der Waals surface area contributed by atoms with E-state index in [1.54, 1.807) is 6.07 Å². The van der Waals surface area contributed by atoms with Crippen molar-refractivity contribution < 1.29 is 13.2 Å². The molecule has 3 rings (SSSR count). The molecule has 2 aromatic rings. The Bertz CT molecular complexity index is 799. The maximum absolute atomic E-state index is 14.7. The van der Waals surface area contributed by atoms with Gasteiger partial charge in [0, 0.05) is 5.56 Å². The predicted octanol–water partition coefficient (Wildman–Crippen LogP) is 8.61. The summed E-state index contributed by atoms with van der Waals surface area (Å²) >= 11 is 0. The zero-order chi connectivity index (χ0) is 20.8. The van der Waals surface area contributed by atoms with Crippen molar-refractivity contribution in [3.8, 4) is 11.1 Å². The average molecular weight is 401 g/mol. The first-order valence-corrected chi connectivity index (χ1v) is 10.9. The number of rotatable bonds is 8. The third kappa shape index (κ3) is 5.32. The Morgan fingerprint density at radius 2 is 1.59 bits per heavy atom. The number of hydrogen-bond donors (Lipinski definition) is 0. The summed E-state index contributed by atoms with van der Waals surface area (Å²) in [4.78, 5) is 0. The van der Waals surface area contributed by atoms with Crippen LogP contribution in [0.15, 0.2) is 43.0 Å². The van der Waals surface area contributed by atoms with Gasteiger partial charge in [0.2, 0.25) is 0 Å². The van der Waals surface area contributed by atoms with Gasteiger partial charge in [0.15, 0.2) is 0 Å². The normalized spacial score (nSPS) is 19.5. The fraction of sp³-hybridized carbons (Fsp3) is 0.462. The molecule has 0 unspecified atom stereocenters. The summed E-state index contributed by atoms with van der Waals surface area (Å²) in [6.07, 6.45) is 8.67. The maximum atomic E-state index is 14.7. The van der Waals surface area contributed by atoms with Crippen LogP contribution in [0.3, 0.4) is 0 Å². The van der Waals surface area contributed by atoms with Gasteiger partial charge in [-0.25, -0.2) is 13.2 Å². The van der Waals surface area contributed by atoms with Crippen LogP contribution in [0.5, 0.6) is 0 Å². The highest BCUT2D eigenvalue weighted by atomic mass is 19.3. The quantitative estimate of drug-likeness (QED) is 0.416. The molecule has 29 heavy (non-hydrogen) atoms. The fourth-order valence-corrected chi connectivity index (χ4v) is 4.67. The molecule has 0 aromatic heterocycles. The molecule has 1 aliphatic rings. The molecular weight excluding hydrogens is 369 g/mol. The van der Waals surface area contributed by atoms with E-state index < -0.39 is 17.8 Å². The van der Waals surface area contributed by atoms with E-state index in [2.05, 4.69) is 13.5 Å². The third-order valence-corrected chi connectivity index (χ3v) is 6.42. The Labute approximate surface area is 172 Å². The molecule has 156 valence electrons. The van der Waals surface area contributed by atoms with E-state index in [0.29, 0.717) is 5.56 Å². The minimum Gasteiger partial charge on any atom is -0.206 e. The summed E-state index contributed by atoms with van der Waals surface area (Å²) in [5, 5.41) is 0. The summed E-state index contributed by atoms with van der Waals surface area (Å²) in [5.41, 5.74) is 1.64. The molecule has 3 heteroatoms. The Morgan fingerprint density at radius 3 is 2.14 bits per heavy atom. The van der Waals surface area contributed by atoms with Crippen LogP contribution >= 0.6 is 0 Å². The predicted molar refractivity (Wildman–Crippen MR) is 116 cm³/mol. The van der Waals surface area contributed by atoms with Gasteiger partial charge >= 0.3 is 0 Å². The third-order valence-electron chi connectivity index (χ3n) is 6.42. The molecule has 1 saturated carbocycles. The molecule has 0 aliphatic heterocycles. The van der Waals surface area contributed by atoms with E-state index in [9.17, 15) is 13.2 Å². The molecule has 0 heterocycles. The van der Waals surface area contributed by atoms with Crippen LogP contribution in [0.1, 0.15) is 75.0 Å². The van der Waals surface area contributed by atoms with Crippen LogP contribution in [-0.2, 0) is 6.42 Å². The van der Waals surface area contributed by atoms with Crippen molar-refractivity contribution in [3.63, 3.8) is 0 Å². The Hall–Kier alpha value is -2.03. The molecule has 0 amide bonds. The number of halogens is 3. The van der Waals surface area contributed by atoms with Gasteiger partial charge in [0.05, 0.1) is 5.56 Å². The number of hydrogen-bond acceptors (Lipinski definition) is 0. The summed E-state index contributed by atoms with van der Waals surface area (Å²) < 4.78 is 41.3. The molecule has 0 bridgehead atoms.